The molecule has 0 unspecified atom stereocenters. The van der Waals surface area contributed by atoms with Crippen LogP contribution in [0.2, 0.25) is 0 Å². The van der Waals surface area contributed by atoms with E-state index < -0.39 is 11.5 Å². The number of likely N-dealkylation sites (N-methyl/N-ethyl adjacent to an activating group) is 1. The maximum atomic E-state index is 11.9. The Bertz CT molecular complexity index is 298. The fourth-order valence-corrected chi connectivity index (χ4v) is 1.46. The van der Waals surface area contributed by atoms with Gasteiger partial charge in [0.1, 0.15) is 5.54 Å². The molecule has 17 heavy (non-hydrogen) atoms. The minimum absolute atomic E-state index is 0.325. The molecule has 0 aliphatic rings. The maximum absolute atomic E-state index is 11.9. The second kappa shape index (κ2) is 5.38. The number of nitrogens with zero attached hydrogens (tertiary/aromatic N) is 1. The fraction of sp³-hybridized carbons (Fsp3) is 0.833. The van der Waals surface area contributed by atoms with E-state index in [1.807, 2.05) is 20.8 Å². The van der Waals surface area contributed by atoms with Gasteiger partial charge in [-0.15, -0.1) is 0 Å². The Morgan fingerprint density at radius 1 is 1.24 bits per heavy atom. The van der Waals surface area contributed by atoms with Crippen LogP contribution in [-0.4, -0.2) is 40.1 Å². The van der Waals surface area contributed by atoms with Crippen molar-refractivity contribution in [2.45, 2.75) is 58.5 Å². The first kappa shape index (κ1) is 15.7. The molecular formula is C12H24N2O3. The molecule has 0 heterocycles. The lowest BCUT2D eigenvalue weighted by molar-refractivity contribution is -0.146. The van der Waals surface area contributed by atoms with E-state index in [4.69, 9.17) is 5.11 Å². The highest BCUT2D eigenvalue weighted by Crippen LogP contribution is 2.16. The highest BCUT2D eigenvalue weighted by atomic mass is 16.4. The van der Waals surface area contributed by atoms with Crippen molar-refractivity contribution < 1.29 is 14.7 Å². The van der Waals surface area contributed by atoms with E-state index in [1.165, 1.54) is 25.8 Å². The van der Waals surface area contributed by atoms with Gasteiger partial charge in [0, 0.05) is 12.6 Å². The number of rotatable bonds is 5. The van der Waals surface area contributed by atoms with Gasteiger partial charge in [0.25, 0.3) is 0 Å². The van der Waals surface area contributed by atoms with E-state index in [1.54, 1.807) is 0 Å². The molecule has 0 atom stereocenters. The predicted octanol–water partition coefficient (Wildman–Crippen LogP) is 2.07. The second-order valence-corrected chi connectivity index (χ2v) is 5.49. The first-order chi connectivity index (χ1) is 7.54. The normalized spacial score (nSPS) is 12.1. The van der Waals surface area contributed by atoms with Crippen LogP contribution in [0.15, 0.2) is 0 Å². The van der Waals surface area contributed by atoms with E-state index in [9.17, 15) is 9.59 Å². The summed E-state index contributed by atoms with van der Waals surface area (Å²) in [6.07, 6.45) is 1.80. The Labute approximate surface area is 103 Å². The van der Waals surface area contributed by atoms with Crippen molar-refractivity contribution in [3.63, 3.8) is 0 Å². The lowest BCUT2D eigenvalue weighted by atomic mass is 9.99. The molecule has 0 aromatic rings. The van der Waals surface area contributed by atoms with Gasteiger partial charge in [-0.1, -0.05) is 13.3 Å². The Hall–Kier alpha value is -1.26. The van der Waals surface area contributed by atoms with Gasteiger partial charge < -0.3 is 15.3 Å². The number of carboxylic acids is 1. The van der Waals surface area contributed by atoms with Crippen LogP contribution >= 0.6 is 0 Å². The highest BCUT2D eigenvalue weighted by molar-refractivity contribution is 5.85. The molecular weight excluding hydrogens is 220 g/mol. The molecule has 0 rings (SSSR count). The summed E-state index contributed by atoms with van der Waals surface area (Å²) in [5.74, 6) is -1.02. The van der Waals surface area contributed by atoms with Crippen molar-refractivity contribution in [1.82, 2.24) is 10.2 Å². The Morgan fingerprint density at radius 3 is 2.06 bits per heavy atom. The molecule has 0 bridgehead atoms. The third kappa shape index (κ3) is 4.24. The van der Waals surface area contributed by atoms with Crippen LogP contribution in [0.4, 0.5) is 4.79 Å². The van der Waals surface area contributed by atoms with E-state index in [2.05, 4.69) is 5.32 Å². The van der Waals surface area contributed by atoms with E-state index in [0.717, 1.165) is 12.8 Å². The van der Waals surface area contributed by atoms with Crippen molar-refractivity contribution in [1.29, 1.82) is 0 Å². The summed E-state index contributed by atoms with van der Waals surface area (Å²) >= 11 is 0. The van der Waals surface area contributed by atoms with Crippen LogP contribution in [0.25, 0.3) is 0 Å². The molecule has 5 nitrogen and oxygen atoms in total. The molecule has 100 valence electrons. The third-order valence-electron chi connectivity index (χ3n) is 2.99. The van der Waals surface area contributed by atoms with Crippen molar-refractivity contribution >= 4 is 12.0 Å². The average Bonchev–Trinajstić information content (AvgIpc) is 2.15. The lowest BCUT2D eigenvalue weighted by Crippen LogP contribution is -2.57. The molecule has 0 saturated carbocycles. The fourth-order valence-electron chi connectivity index (χ4n) is 1.46. The highest BCUT2D eigenvalue weighted by Gasteiger charge is 2.36. The number of carbonyl (C=O) groups is 2. The number of carbonyl (C=O) groups excluding carboxylic acids is 1. The minimum Gasteiger partial charge on any atom is -0.480 e. The van der Waals surface area contributed by atoms with Gasteiger partial charge in [0.2, 0.25) is 0 Å². The number of hydrogen-bond acceptors (Lipinski definition) is 2. The van der Waals surface area contributed by atoms with Gasteiger partial charge in [-0.2, -0.15) is 0 Å². The first-order valence-electron chi connectivity index (χ1n) is 5.84. The van der Waals surface area contributed by atoms with Gasteiger partial charge in [-0.05, 0) is 34.1 Å². The lowest BCUT2D eigenvalue weighted by Gasteiger charge is -2.35. The van der Waals surface area contributed by atoms with Crippen LogP contribution < -0.4 is 5.32 Å². The summed E-state index contributed by atoms with van der Waals surface area (Å²) in [5.41, 5.74) is -1.54. The summed E-state index contributed by atoms with van der Waals surface area (Å²) in [7, 11) is 1.49. The standard InChI is InChI=1S/C12H24N2O3/c1-7-8-11(2,3)13-10(17)14(6)12(4,5)9(15)16/h7-8H2,1-6H3,(H,13,17)(H,15,16). The Morgan fingerprint density at radius 2 is 1.71 bits per heavy atom. The van der Waals surface area contributed by atoms with Crippen LogP contribution in [0.3, 0.4) is 0 Å². The van der Waals surface area contributed by atoms with Crippen molar-refractivity contribution in [2.24, 2.45) is 0 Å². The quantitative estimate of drug-likeness (QED) is 0.777. The zero-order valence-corrected chi connectivity index (χ0v) is 11.6. The molecule has 0 aliphatic carbocycles. The second-order valence-electron chi connectivity index (χ2n) is 5.49. The molecule has 0 aromatic heterocycles. The third-order valence-corrected chi connectivity index (χ3v) is 2.99. The van der Waals surface area contributed by atoms with E-state index in [0.29, 0.717) is 0 Å². The molecule has 0 fully saturated rings. The molecule has 0 aromatic carbocycles. The summed E-state index contributed by atoms with van der Waals surface area (Å²) in [6.45, 7) is 8.90. The Balaban J connectivity index is 4.68. The largest absolute Gasteiger partial charge is 0.480 e. The van der Waals surface area contributed by atoms with Crippen molar-refractivity contribution in [2.75, 3.05) is 7.05 Å². The van der Waals surface area contributed by atoms with Gasteiger partial charge in [0.15, 0.2) is 0 Å². The number of hydrogen-bond donors (Lipinski definition) is 2. The molecule has 0 radical (unpaired) electrons. The first-order valence-corrected chi connectivity index (χ1v) is 5.84. The van der Waals surface area contributed by atoms with Crippen molar-refractivity contribution in [3.05, 3.63) is 0 Å². The topological polar surface area (TPSA) is 69.6 Å². The molecule has 2 N–H and O–H groups in total. The van der Waals surface area contributed by atoms with Gasteiger partial charge in [-0.25, -0.2) is 9.59 Å². The number of amides is 2. The zero-order valence-electron chi connectivity index (χ0n) is 11.6. The minimum atomic E-state index is -1.22. The molecule has 0 aliphatic heterocycles. The molecule has 2 amide bonds. The van der Waals surface area contributed by atoms with E-state index >= 15 is 0 Å². The molecule has 0 spiro atoms. The van der Waals surface area contributed by atoms with E-state index in [-0.39, 0.29) is 11.6 Å². The van der Waals surface area contributed by atoms with Crippen LogP contribution in [0.1, 0.15) is 47.5 Å². The van der Waals surface area contributed by atoms with Gasteiger partial charge in [-0.3, -0.25) is 0 Å². The smallest absolute Gasteiger partial charge is 0.329 e. The summed E-state index contributed by atoms with van der Waals surface area (Å²) in [4.78, 5) is 24.2. The molecule has 5 heteroatoms. The number of nitrogens with one attached hydrogen (secondary N) is 1. The van der Waals surface area contributed by atoms with Crippen LogP contribution in [0.5, 0.6) is 0 Å². The Kier molecular flexibility index (Phi) is 4.98. The van der Waals surface area contributed by atoms with Gasteiger partial charge in [0.05, 0.1) is 0 Å². The monoisotopic (exact) mass is 244 g/mol. The molecule has 0 saturated heterocycles. The average molecular weight is 244 g/mol. The van der Waals surface area contributed by atoms with Gasteiger partial charge >= 0.3 is 12.0 Å². The SMILES string of the molecule is CCCC(C)(C)NC(=O)N(C)C(C)(C)C(=O)O. The zero-order chi connectivity index (χ0) is 13.9. The number of aliphatic carboxylic acids is 1. The number of carboxylic acid groups (broad SMARTS) is 1. The van der Waals surface area contributed by atoms with Crippen molar-refractivity contribution in [3.8, 4) is 0 Å². The summed E-state index contributed by atoms with van der Waals surface area (Å²) < 4.78 is 0. The number of urea groups is 1. The van der Waals surface area contributed by atoms with Crippen LogP contribution in [0, 0.1) is 0 Å². The summed E-state index contributed by atoms with van der Waals surface area (Å²) in [5, 5.41) is 11.9. The maximum Gasteiger partial charge on any atom is 0.329 e. The summed E-state index contributed by atoms with van der Waals surface area (Å²) in [6, 6.07) is -0.365. The van der Waals surface area contributed by atoms with Crippen LogP contribution in [-0.2, 0) is 4.79 Å². The predicted molar refractivity (Wildman–Crippen MR) is 67.0 cm³/mol.